The zero-order valence-corrected chi connectivity index (χ0v) is 28.0. The molecule has 264 valence electrons. The predicted octanol–water partition coefficient (Wildman–Crippen LogP) is -0.309. The monoisotopic (exact) mass is 698 g/mol. The van der Waals surface area contributed by atoms with Crippen LogP contribution in [0.5, 0.6) is 0 Å². The highest BCUT2D eigenvalue weighted by atomic mass is 31.1. The van der Waals surface area contributed by atoms with Gasteiger partial charge in [-0.05, 0) is 49.6 Å². The molecule has 1 heterocycles. The van der Waals surface area contributed by atoms with Gasteiger partial charge in [0.05, 0.1) is 19.3 Å². The largest absolute Gasteiger partial charge is 0.465 e. The molecule has 0 aliphatic carbocycles. The lowest BCUT2D eigenvalue weighted by molar-refractivity contribution is -0.288. The van der Waals surface area contributed by atoms with Crippen molar-refractivity contribution in [3.05, 3.63) is 90.0 Å². The molecule has 4 rings (SSSR count). The number of esters is 1. The second-order valence-electron chi connectivity index (χ2n) is 11.2. The van der Waals surface area contributed by atoms with Crippen molar-refractivity contribution in [3.8, 4) is 0 Å². The molecule has 0 radical (unpaired) electrons. The molecule has 13 nitrogen and oxygen atoms in total. The van der Waals surface area contributed by atoms with E-state index >= 15 is 0 Å². The van der Waals surface area contributed by atoms with E-state index in [-0.39, 0.29) is 19.1 Å². The number of benzene rings is 3. The lowest BCUT2D eigenvalue weighted by Gasteiger charge is -2.38. The number of rotatable bonds is 17. The first kappa shape index (κ1) is 38.0. The van der Waals surface area contributed by atoms with Crippen molar-refractivity contribution in [2.75, 3.05) is 46.6 Å². The van der Waals surface area contributed by atoms with Gasteiger partial charge in [0, 0.05) is 37.2 Å². The molecule has 0 saturated carbocycles. The van der Waals surface area contributed by atoms with E-state index in [4.69, 9.17) is 18.9 Å². The molecule has 2 unspecified atom stereocenters. The third kappa shape index (κ3) is 10.9. The van der Waals surface area contributed by atoms with Crippen molar-refractivity contribution in [2.24, 2.45) is 0 Å². The van der Waals surface area contributed by atoms with E-state index in [0.717, 1.165) is 15.9 Å². The van der Waals surface area contributed by atoms with Gasteiger partial charge in [-0.1, -0.05) is 60.7 Å². The summed E-state index contributed by atoms with van der Waals surface area (Å²) in [6.07, 6.45) is -6.37. The maximum Gasteiger partial charge on any atom is 0.338 e. The molecule has 14 heteroatoms. The van der Waals surface area contributed by atoms with Gasteiger partial charge in [0.15, 0.2) is 6.29 Å². The van der Waals surface area contributed by atoms with E-state index in [1.54, 1.807) is 18.2 Å². The van der Waals surface area contributed by atoms with Crippen LogP contribution in [0.2, 0.25) is 0 Å². The Kier molecular flexibility index (Phi) is 15.1. The standard InChI is InChI=1S/C35H43N2O11P/c1-45-34(43)26-15-14-23(20-28(26)49(24-10-4-2-5-11-24)25-12-6-3-7-13-25)33(42)37-17-9-19-46-18-8-16-36-29(38)22-47-21-27-30(39)31(40)32(41)35(44)48-27/h2-7,10-15,20,27,30-32,35,39-41,44H,8-9,16-19,21-22H2,1H3,(H,36,38)(H,37,42)/t27?,30-,31+,32?,35-/m1/s1. The lowest BCUT2D eigenvalue weighted by Crippen LogP contribution is -2.58. The summed E-state index contributed by atoms with van der Waals surface area (Å²) in [7, 11) is 0.178. The minimum atomic E-state index is -1.67. The fourth-order valence-corrected chi connectivity index (χ4v) is 7.56. The van der Waals surface area contributed by atoms with Gasteiger partial charge in [-0.3, -0.25) is 9.59 Å². The first-order valence-corrected chi connectivity index (χ1v) is 17.3. The van der Waals surface area contributed by atoms with Crippen molar-refractivity contribution in [3.63, 3.8) is 0 Å². The highest BCUT2D eigenvalue weighted by Crippen LogP contribution is 2.34. The first-order valence-electron chi connectivity index (χ1n) is 15.9. The third-order valence-corrected chi connectivity index (χ3v) is 10.2. The molecule has 0 spiro atoms. The highest BCUT2D eigenvalue weighted by Gasteiger charge is 2.43. The van der Waals surface area contributed by atoms with Gasteiger partial charge in [-0.2, -0.15) is 0 Å². The van der Waals surface area contributed by atoms with Crippen LogP contribution in [0.15, 0.2) is 78.9 Å². The Morgan fingerprint density at radius 2 is 1.39 bits per heavy atom. The molecule has 0 bridgehead atoms. The minimum Gasteiger partial charge on any atom is -0.465 e. The van der Waals surface area contributed by atoms with Crippen molar-refractivity contribution in [1.29, 1.82) is 0 Å². The zero-order chi connectivity index (χ0) is 35.2. The van der Waals surface area contributed by atoms with Gasteiger partial charge < -0.3 is 50.0 Å². The molecule has 2 amide bonds. The van der Waals surface area contributed by atoms with Crippen molar-refractivity contribution in [2.45, 2.75) is 43.5 Å². The molecule has 1 saturated heterocycles. The molecule has 6 N–H and O–H groups in total. The fourth-order valence-electron chi connectivity index (χ4n) is 5.09. The van der Waals surface area contributed by atoms with Gasteiger partial charge in [0.1, 0.15) is 31.0 Å². The average molecular weight is 699 g/mol. The molecule has 1 fully saturated rings. The summed E-state index contributed by atoms with van der Waals surface area (Å²) in [5.74, 6) is -1.15. The maximum atomic E-state index is 13.1. The van der Waals surface area contributed by atoms with Crippen LogP contribution in [-0.2, 0) is 23.7 Å². The van der Waals surface area contributed by atoms with E-state index < -0.39 is 50.5 Å². The normalized spacial score (nSPS) is 20.5. The van der Waals surface area contributed by atoms with E-state index in [9.17, 15) is 34.8 Å². The topological polar surface area (TPSA) is 193 Å². The average Bonchev–Trinajstić information content (AvgIpc) is 3.12. The summed E-state index contributed by atoms with van der Waals surface area (Å²) in [5, 5.41) is 47.0. The van der Waals surface area contributed by atoms with E-state index in [1.165, 1.54) is 7.11 Å². The summed E-state index contributed by atoms with van der Waals surface area (Å²) >= 11 is 0. The van der Waals surface area contributed by atoms with E-state index in [2.05, 4.69) is 10.6 Å². The maximum absolute atomic E-state index is 13.1. The van der Waals surface area contributed by atoms with Crippen molar-refractivity contribution >= 4 is 41.6 Å². The van der Waals surface area contributed by atoms with Crippen LogP contribution in [-0.4, -0.2) is 116 Å². The van der Waals surface area contributed by atoms with Crippen LogP contribution < -0.4 is 26.5 Å². The Morgan fingerprint density at radius 1 is 0.776 bits per heavy atom. The lowest BCUT2D eigenvalue weighted by atomic mass is 9.99. The molecular formula is C35H43N2O11P. The molecule has 49 heavy (non-hydrogen) atoms. The predicted molar refractivity (Wildman–Crippen MR) is 182 cm³/mol. The van der Waals surface area contributed by atoms with Gasteiger partial charge >= 0.3 is 5.97 Å². The van der Waals surface area contributed by atoms with E-state index in [1.807, 2.05) is 60.7 Å². The van der Waals surface area contributed by atoms with Crippen LogP contribution in [0.25, 0.3) is 0 Å². The number of hydrogen-bond acceptors (Lipinski definition) is 11. The second-order valence-corrected chi connectivity index (χ2v) is 13.4. The van der Waals surface area contributed by atoms with Crippen LogP contribution in [0, 0.1) is 0 Å². The van der Waals surface area contributed by atoms with Crippen molar-refractivity contribution in [1.82, 2.24) is 10.6 Å². The summed E-state index contributed by atoms with van der Waals surface area (Å²) in [5.41, 5.74) is 0.839. The van der Waals surface area contributed by atoms with Crippen LogP contribution in [0.1, 0.15) is 33.6 Å². The third-order valence-electron chi connectivity index (χ3n) is 7.68. The molecular weight excluding hydrogens is 655 g/mol. The van der Waals surface area contributed by atoms with E-state index in [0.29, 0.717) is 50.3 Å². The smallest absolute Gasteiger partial charge is 0.338 e. The molecule has 3 aromatic rings. The number of ether oxygens (including phenoxy) is 4. The fraction of sp³-hybridized carbons (Fsp3) is 0.400. The Morgan fingerprint density at radius 3 is 2.00 bits per heavy atom. The van der Waals surface area contributed by atoms with Gasteiger partial charge in [-0.25, -0.2) is 4.79 Å². The quantitative estimate of drug-likeness (QED) is 0.0616. The second kappa shape index (κ2) is 19.4. The Labute approximate surface area is 285 Å². The zero-order valence-electron chi connectivity index (χ0n) is 27.1. The SMILES string of the molecule is COC(=O)c1ccc(C(=O)NCCCOCCCNC(=O)COCC2O[C@@H](O)C(O)[C@@H](O)[C@@H]2O)cc1P(c1ccccc1)c1ccccc1. The summed E-state index contributed by atoms with van der Waals surface area (Å²) < 4.78 is 20.9. The van der Waals surface area contributed by atoms with Crippen LogP contribution in [0.3, 0.4) is 0 Å². The Balaban J connectivity index is 1.18. The first-order chi connectivity index (χ1) is 23.7. The molecule has 1 aliphatic heterocycles. The number of carbonyl (C=O) groups is 3. The molecule has 1 aliphatic rings. The van der Waals surface area contributed by atoms with Crippen molar-refractivity contribution < 1.29 is 53.8 Å². The minimum absolute atomic E-state index is 0.266. The van der Waals surface area contributed by atoms with Crippen LogP contribution in [0.4, 0.5) is 0 Å². The number of methoxy groups -OCH3 is 1. The van der Waals surface area contributed by atoms with Gasteiger partial charge in [-0.15, -0.1) is 0 Å². The van der Waals surface area contributed by atoms with Gasteiger partial charge in [0.25, 0.3) is 5.91 Å². The molecule has 5 atom stereocenters. The Bertz CT molecular complexity index is 1460. The summed E-state index contributed by atoms with van der Waals surface area (Å²) in [4.78, 5) is 37.9. The highest BCUT2D eigenvalue weighted by molar-refractivity contribution is 7.80. The van der Waals surface area contributed by atoms with Crippen LogP contribution >= 0.6 is 7.92 Å². The summed E-state index contributed by atoms with van der Waals surface area (Å²) in [6.45, 7) is 0.902. The Hall–Kier alpha value is -3.78. The van der Waals surface area contributed by atoms with Gasteiger partial charge in [0.2, 0.25) is 5.91 Å². The summed E-state index contributed by atoms with van der Waals surface area (Å²) in [6, 6.07) is 24.8. The number of hydrogen-bond donors (Lipinski definition) is 6. The number of aliphatic hydroxyl groups is 4. The number of nitrogens with one attached hydrogen (secondary N) is 2. The number of carbonyl (C=O) groups excluding carboxylic acids is 3. The number of aliphatic hydroxyl groups excluding tert-OH is 4. The molecule has 0 aromatic heterocycles. The molecule has 3 aromatic carbocycles. The number of amides is 2.